The predicted molar refractivity (Wildman–Crippen MR) is 72.3 cm³/mol. The first kappa shape index (κ1) is 13.1. The summed E-state index contributed by atoms with van der Waals surface area (Å²) in [5.74, 6) is 1.000. The largest absolute Gasteiger partial charge is 0.325 e. The molecule has 16 heavy (non-hydrogen) atoms. The van der Waals surface area contributed by atoms with E-state index < -0.39 is 0 Å². The molecule has 0 fully saturated rings. The summed E-state index contributed by atoms with van der Waals surface area (Å²) in [6.45, 7) is 6.30. The van der Waals surface area contributed by atoms with E-state index in [4.69, 9.17) is 0 Å². The summed E-state index contributed by atoms with van der Waals surface area (Å²) >= 11 is 1.54. The Morgan fingerprint density at radius 2 is 2.12 bits per heavy atom. The van der Waals surface area contributed by atoms with Crippen LogP contribution >= 0.6 is 11.8 Å². The summed E-state index contributed by atoms with van der Waals surface area (Å²) in [4.78, 5) is 11.6. The van der Waals surface area contributed by atoms with Gasteiger partial charge in [-0.1, -0.05) is 32.0 Å². The number of carbonyl (C=O) groups excluding carboxylic acids is 1. The third kappa shape index (κ3) is 3.27. The average Bonchev–Trinajstić information content (AvgIpc) is 2.21. The van der Waals surface area contributed by atoms with Crippen molar-refractivity contribution in [2.75, 3.05) is 17.3 Å². The first-order chi connectivity index (χ1) is 7.56. The average molecular weight is 237 g/mol. The smallest absolute Gasteiger partial charge is 0.234 e. The van der Waals surface area contributed by atoms with Crippen molar-refractivity contribution >= 4 is 23.4 Å². The topological polar surface area (TPSA) is 29.1 Å². The van der Waals surface area contributed by atoms with Gasteiger partial charge in [-0.25, -0.2) is 0 Å². The Balaban J connectivity index is 2.97. The van der Waals surface area contributed by atoms with Gasteiger partial charge in [0.2, 0.25) is 5.91 Å². The molecule has 0 unspecified atom stereocenters. The fourth-order valence-corrected chi connectivity index (χ4v) is 1.98. The second-order valence-corrected chi connectivity index (χ2v) is 5.04. The van der Waals surface area contributed by atoms with E-state index in [0.717, 1.165) is 11.3 Å². The highest BCUT2D eigenvalue weighted by Gasteiger charge is 2.11. The van der Waals surface area contributed by atoms with Crippen LogP contribution in [-0.4, -0.2) is 17.9 Å². The van der Waals surface area contributed by atoms with Gasteiger partial charge >= 0.3 is 0 Å². The highest BCUT2D eigenvalue weighted by molar-refractivity contribution is 7.99. The van der Waals surface area contributed by atoms with Gasteiger partial charge in [-0.15, -0.1) is 0 Å². The number of para-hydroxylation sites is 1. The summed E-state index contributed by atoms with van der Waals surface area (Å²) < 4.78 is 0. The zero-order chi connectivity index (χ0) is 12.1. The molecule has 0 saturated carbocycles. The van der Waals surface area contributed by atoms with Gasteiger partial charge in [0.05, 0.1) is 5.75 Å². The second-order valence-electron chi connectivity index (χ2n) is 4.18. The van der Waals surface area contributed by atoms with Crippen LogP contribution in [0.3, 0.4) is 0 Å². The summed E-state index contributed by atoms with van der Waals surface area (Å²) in [5.41, 5.74) is 3.31. The van der Waals surface area contributed by atoms with Crippen LogP contribution in [0.1, 0.15) is 30.9 Å². The normalized spacial score (nSPS) is 10.6. The molecule has 0 bridgehead atoms. The Hall–Kier alpha value is -0.960. The number of amides is 1. The number of thioether (sulfide) groups is 1. The van der Waals surface area contributed by atoms with E-state index in [1.54, 1.807) is 0 Å². The van der Waals surface area contributed by atoms with Crippen molar-refractivity contribution in [3.8, 4) is 0 Å². The standard InChI is InChI=1S/C13H19NOS/c1-9(2)11-7-5-6-10(3)13(11)14-12(15)8-16-4/h5-7,9H,8H2,1-4H3,(H,14,15). The Morgan fingerprint density at radius 1 is 1.44 bits per heavy atom. The minimum atomic E-state index is 0.0729. The molecule has 0 radical (unpaired) electrons. The van der Waals surface area contributed by atoms with Crippen molar-refractivity contribution in [1.82, 2.24) is 0 Å². The first-order valence-electron chi connectivity index (χ1n) is 5.44. The van der Waals surface area contributed by atoms with Gasteiger partial charge in [-0.3, -0.25) is 4.79 Å². The molecule has 2 nitrogen and oxygen atoms in total. The highest BCUT2D eigenvalue weighted by Crippen LogP contribution is 2.27. The maximum atomic E-state index is 11.6. The number of nitrogens with one attached hydrogen (secondary N) is 1. The fraction of sp³-hybridized carbons (Fsp3) is 0.462. The van der Waals surface area contributed by atoms with Crippen molar-refractivity contribution in [1.29, 1.82) is 0 Å². The quantitative estimate of drug-likeness (QED) is 0.869. The van der Waals surface area contributed by atoms with Crippen LogP contribution in [0.15, 0.2) is 18.2 Å². The van der Waals surface area contributed by atoms with E-state index in [0.29, 0.717) is 11.7 Å². The number of hydrogen-bond donors (Lipinski definition) is 1. The Morgan fingerprint density at radius 3 is 2.69 bits per heavy atom. The van der Waals surface area contributed by atoms with E-state index in [1.165, 1.54) is 17.3 Å². The lowest BCUT2D eigenvalue weighted by Gasteiger charge is -2.16. The fourth-order valence-electron chi connectivity index (χ4n) is 1.65. The molecule has 0 aliphatic rings. The zero-order valence-corrected chi connectivity index (χ0v) is 11.1. The van der Waals surface area contributed by atoms with Crippen LogP contribution in [-0.2, 0) is 4.79 Å². The molecule has 0 spiro atoms. The Bertz CT molecular complexity index is 374. The molecule has 0 aliphatic carbocycles. The molecule has 0 atom stereocenters. The third-order valence-corrected chi connectivity index (χ3v) is 3.02. The molecule has 3 heteroatoms. The van der Waals surface area contributed by atoms with Gasteiger partial charge in [-0.05, 0) is 30.2 Å². The molecular formula is C13H19NOS. The van der Waals surface area contributed by atoms with Gasteiger partial charge < -0.3 is 5.32 Å². The van der Waals surface area contributed by atoms with Crippen LogP contribution in [0.4, 0.5) is 5.69 Å². The number of anilines is 1. The van der Waals surface area contributed by atoms with E-state index in [2.05, 4.69) is 25.2 Å². The van der Waals surface area contributed by atoms with Gasteiger partial charge in [0, 0.05) is 5.69 Å². The number of benzene rings is 1. The van der Waals surface area contributed by atoms with Gasteiger partial charge in [0.1, 0.15) is 0 Å². The molecule has 0 heterocycles. The lowest BCUT2D eigenvalue weighted by atomic mass is 9.98. The molecule has 1 rings (SSSR count). The molecule has 0 aromatic heterocycles. The minimum Gasteiger partial charge on any atom is -0.325 e. The predicted octanol–water partition coefficient (Wildman–Crippen LogP) is 3.42. The molecule has 1 aromatic carbocycles. The van der Waals surface area contributed by atoms with Crippen molar-refractivity contribution in [2.45, 2.75) is 26.7 Å². The van der Waals surface area contributed by atoms with Crippen LogP contribution in [0, 0.1) is 6.92 Å². The lowest BCUT2D eigenvalue weighted by Crippen LogP contribution is -2.16. The minimum absolute atomic E-state index is 0.0729. The summed E-state index contributed by atoms with van der Waals surface area (Å²) in [6.07, 6.45) is 1.93. The number of carbonyl (C=O) groups is 1. The van der Waals surface area contributed by atoms with Crippen molar-refractivity contribution in [2.24, 2.45) is 0 Å². The summed E-state index contributed by atoms with van der Waals surface area (Å²) in [6, 6.07) is 6.14. The first-order valence-corrected chi connectivity index (χ1v) is 6.84. The summed E-state index contributed by atoms with van der Waals surface area (Å²) in [5, 5.41) is 3.00. The third-order valence-electron chi connectivity index (χ3n) is 2.47. The van der Waals surface area contributed by atoms with Crippen LogP contribution < -0.4 is 5.32 Å². The molecule has 0 aliphatic heterocycles. The molecule has 0 saturated heterocycles. The van der Waals surface area contributed by atoms with Crippen molar-refractivity contribution in [3.05, 3.63) is 29.3 Å². The highest BCUT2D eigenvalue weighted by atomic mass is 32.2. The number of rotatable bonds is 4. The SMILES string of the molecule is CSCC(=O)Nc1c(C)cccc1C(C)C. The maximum Gasteiger partial charge on any atom is 0.234 e. The molecular weight excluding hydrogens is 218 g/mol. The second kappa shape index (κ2) is 5.94. The summed E-state index contributed by atoms with van der Waals surface area (Å²) in [7, 11) is 0. The van der Waals surface area contributed by atoms with E-state index in [-0.39, 0.29) is 5.91 Å². The van der Waals surface area contributed by atoms with Gasteiger partial charge in [-0.2, -0.15) is 11.8 Å². The molecule has 1 amide bonds. The molecule has 88 valence electrons. The Kier molecular flexibility index (Phi) is 4.87. The Labute approximate surface area is 102 Å². The van der Waals surface area contributed by atoms with Gasteiger partial charge in [0.25, 0.3) is 0 Å². The van der Waals surface area contributed by atoms with Crippen molar-refractivity contribution in [3.63, 3.8) is 0 Å². The van der Waals surface area contributed by atoms with E-state index >= 15 is 0 Å². The van der Waals surface area contributed by atoms with E-state index in [9.17, 15) is 4.79 Å². The van der Waals surface area contributed by atoms with E-state index in [1.807, 2.05) is 25.3 Å². The van der Waals surface area contributed by atoms with Crippen molar-refractivity contribution < 1.29 is 4.79 Å². The van der Waals surface area contributed by atoms with Crippen LogP contribution in [0.5, 0.6) is 0 Å². The maximum absolute atomic E-state index is 11.6. The molecule has 1 N–H and O–H groups in total. The van der Waals surface area contributed by atoms with Crippen LogP contribution in [0.2, 0.25) is 0 Å². The van der Waals surface area contributed by atoms with Gasteiger partial charge in [0.15, 0.2) is 0 Å². The monoisotopic (exact) mass is 237 g/mol. The van der Waals surface area contributed by atoms with Crippen LogP contribution in [0.25, 0.3) is 0 Å². The number of aryl methyl sites for hydroxylation is 1. The molecule has 1 aromatic rings. The zero-order valence-electron chi connectivity index (χ0n) is 10.3. The number of hydrogen-bond acceptors (Lipinski definition) is 2. The lowest BCUT2D eigenvalue weighted by molar-refractivity contribution is -0.113.